The second-order valence-electron chi connectivity index (χ2n) is 7.32. The number of nitrogens with one attached hydrogen (secondary N) is 1. The molecular formula is C21H20F3N4O2+. The minimum absolute atomic E-state index is 0.218. The zero-order valence-corrected chi connectivity index (χ0v) is 16.2. The number of alkyl halides is 3. The quantitative estimate of drug-likeness (QED) is 0.473. The molecule has 9 heteroatoms. The Balaban J connectivity index is 1.59. The molecule has 0 spiro atoms. The number of aromatic nitrogens is 1. The Bertz CT molecular complexity index is 1110. The average Bonchev–Trinajstić information content (AvgIpc) is 2.72. The predicted molar refractivity (Wildman–Crippen MR) is 108 cm³/mol. The van der Waals surface area contributed by atoms with E-state index in [-0.39, 0.29) is 5.69 Å². The van der Waals surface area contributed by atoms with Gasteiger partial charge in [0, 0.05) is 51.3 Å². The summed E-state index contributed by atoms with van der Waals surface area (Å²) in [4.78, 5) is 18.0. The van der Waals surface area contributed by atoms with Crippen LogP contribution in [0, 0.1) is 17.0 Å². The third-order valence-corrected chi connectivity index (χ3v) is 5.35. The maximum atomic E-state index is 13.0. The van der Waals surface area contributed by atoms with Gasteiger partial charge in [0.15, 0.2) is 5.69 Å². The van der Waals surface area contributed by atoms with Crippen molar-refractivity contribution in [2.45, 2.75) is 13.1 Å². The summed E-state index contributed by atoms with van der Waals surface area (Å²) in [6.07, 6.45) is -4.62. The fourth-order valence-electron chi connectivity index (χ4n) is 3.91. The van der Waals surface area contributed by atoms with Gasteiger partial charge in [-0.2, -0.15) is 13.2 Å². The van der Waals surface area contributed by atoms with E-state index < -0.39 is 22.4 Å². The molecule has 0 atom stereocenters. The fraction of sp³-hybridized carbons (Fsp3) is 0.286. The molecule has 0 bridgehead atoms. The lowest BCUT2D eigenvalue weighted by molar-refractivity contribution is -0.384. The minimum Gasteiger partial charge on any atom is -0.367 e. The highest BCUT2D eigenvalue weighted by molar-refractivity contribution is 5.89. The van der Waals surface area contributed by atoms with Gasteiger partial charge < -0.3 is 9.80 Å². The molecule has 2 aromatic carbocycles. The summed E-state index contributed by atoms with van der Waals surface area (Å²) < 4.78 is 38.9. The highest BCUT2D eigenvalue weighted by atomic mass is 19.4. The number of fused-ring (bicyclic) bond motifs is 1. The molecule has 0 unspecified atom stereocenters. The number of hydrogen-bond donors (Lipinski definition) is 0. The van der Waals surface area contributed by atoms with Gasteiger partial charge in [-0.05, 0) is 18.2 Å². The third kappa shape index (κ3) is 3.74. The number of nitro benzene ring substituents is 1. The summed E-state index contributed by atoms with van der Waals surface area (Å²) in [6, 6.07) is 12.8. The van der Waals surface area contributed by atoms with Crippen LogP contribution in [-0.2, 0) is 6.18 Å². The molecule has 0 saturated carbocycles. The fourth-order valence-corrected chi connectivity index (χ4v) is 3.91. The molecule has 1 aliphatic heterocycles. The zero-order chi connectivity index (χ0) is 21.5. The van der Waals surface area contributed by atoms with Crippen molar-refractivity contribution >= 4 is 28.0 Å². The largest absolute Gasteiger partial charge is 0.416 e. The predicted octanol–water partition coefficient (Wildman–Crippen LogP) is 4.22. The number of aromatic amines is 1. The van der Waals surface area contributed by atoms with Crippen LogP contribution in [0.4, 0.5) is 30.2 Å². The number of piperazine rings is 1. The summed E-state index contributed by atoms with van der Waals surface area (Å²) in [5, 5.41) is 12.5. The van der Waals surface area contributed by atoms with Gasteiger partial charge in [-0.15, -0.1) is 0 Å². The second-order valence-corrected chi connectivity index (χ2v) is 7.32. The van der Waals surface area contributed by atoms with Gasteiger partial charge in [-0.1, -0.05) is 12.1 Å². The summed E-state index contributed by atoms with van der Waals surface area (Å²) >= 11 is 0. The monoisotopic (exact) mass is 417 g/mol. The molecule has 3 aromatic rings. The van der Waals surface area contributed by atoms with Gasteiger partial charge in [-0.25, -0.2) is 4.98 Å². The molecule has 0 amide bonds. The Kier molecular flexibility index (Phi) is 4.97. The Morgan fingerprint density at radius 2 is 1.60 bits per heavy atom. The van der Waals surface area contributed by atoms with Gasteiger partial charge in [-0.3, -0.25) is 10.1 Å². The number of benzene rings is 2. The highest BCUT2D eigenvalue weighted by Crippen LogP contribution is 2.37. The summed E-state index contributed by atoms with van der Waals surface area (Å²) in [6.45, 7) is 4.13. The number of para-hydroxylation sites is 1. The number of anilines is 2. The third-order valence-electron chi connectivity index (χ3n) is 5.35. The van der Waals surface area contributed by atoms with Crippen LogP contribution in [0.1, 0.15) is 11.3 Å². The van der Waals surface area contributed by atoms with Crippen LogP contribution in [0.15, 0.2) is 48.5 Å². The molecule has 156 valence electrons. The van der Waals surface area contributed by atoms with E-state index in [1.54, 1.807) is 4.90 Å². The molecule has 1 aliphatic rings. The number of H-pyrrole nitrogens is 1. The topological polar surface area (TPSA) is 63.8 Å². The van der Waals surface area contributed by atoms with E-state index in [2.05, 4.69) is 16.0 Å². The smallest absolute Gasteiger partial charge is 0.367 e. The Morgan fingerprint density at radius 3 is 2.23 bits per heavy atom. The van der Waals surface area contributed by atoms with E-state index in [0.29, 0.717) is 32.2 Å². The van der Waals surface area contributed by atoms with Gasteiger partial charge >= 0.3 is 6.18 Å². The van der Waals surface area contributed by atoms with E-state index in [1.807, 2.05) is 31.2 Å². The van der Waals surface area contributed by atoms with Gasteiger partial charge in [0.2, 0.25) is 5.52 Å². The maximum Gasteiger partial charge on any atom is 0.416 e. The minimum atomic E-state index is -4.62. The molecule has 2 heterocycles. The number of nitro groups is 1. The Labute approximate surface area is 170 Å². The van der Waals surface area contributed by atoms with E-state index in [9.17, 15) is 23.3 Å². The molecule has 1 aromatic heterocycles. The van der Waals surface area contributed by atoms with Crippen molar-refractivity contribution < 1.29 is 23.1 Å². The van der Waals surface area contributed by atoms with Crippen molar-refractivity contribution in [3.05, 3.63) is 69.9 Å². The van der Waals surface area contributed by atoms with Crippen molar-refractivity contribution in [2.24, 2.45) is 0 Å². The standard InChI is InChI=1S/C21H19F3N4O2/c1-14-12-19(16-4-2-3-5-17(16)25-14)27-10-8-26(9-11-27)18-7-6-15(21(22,23)24)13-20(18)28(29)30/h2-7,12-13H,8-11H2,1H3/p+1. The van der Waals surface area contributed by atoms with Crippen LogP contribution in [0.3, 0.4) is 0 Å². The summed E-state index contributed by atoms with van der Waals surface area (Å²) in [5.41, 5.74) is 1.80. The molecular weight excluding hydrogens is 397 g/mol. The van der Waals surface area contributed by atoms with Crippen LogP contribution >= 0.6 is 0 Å². The molecule has 6 nitrogen and oxygen atoms in total. The van der Waals surface area contributed by atoms with Crippen molar-refractivity contribution in [1.29, 1.82) is 0 Å². The van der Waals surface area contributed by atoms with Crippen LogP contribution in [-0.4, -0.2) is 31.1 Å². The Morgan fingerprint density at radius 1 is 0.967 bits per heavy atom. The first-order valence-corrected chi connectivity index (χ1v) is 9.51. The SMILES string of the molecule is Cc1cc(N2CCN(c3ccc(C(F)(F)F)cc3[N+](=O)[O-])CC2)c2ccccc2[nH+]1. The summed E-state index contributed by atoms with van der Waals surface area (Å²) in [7, 11) is 0. The van der Waals surface area contributed by atoms with E-state index in [4.69, 9.17) is 0 Å². The van der Waals surface area contributed by atoms with Crippen molar-refractivity contribution in [3.8, 4) is 0 Å². The lowest BCUT2D eigenvalue weighted by atomic mass is 10.1. The molecule has 30 heavy (non-hydrogen) atoms. The van der Waals surface area contributed by atoms with E-state index in [0.717, 1.165) is 28.4 Å². The molecule has 1 fully saturated rings. The van der Waals surface area contributed by atoms with Crippen molar-refractivity contribution in [3.63, 3.8) is 0 Å². The first kappa shape index (κ1) is 19.9. The molecule has 0 aliphatic carbocycles. The van der Waals surface area contributed by atoms with Gasteiger partial charge in [0.25, 0.3) is 5.69 Å². The van der Waals surface area contributed by atoms with Gasteiger partial charge in [0.1, 0.15) is 5.69 Å². The lowest BCUT2D eigenvalue weighted by Crippen LogP contribution is -2.47. The molecule has 1 saturated heterocycles. The molecule has 0 radical (unpaired) electrons. The highest BCUT2D eigenvalue weighted by Gasteiger charge is 2.34. The van der Waals surface area contributed by atoms with Crippen LogP contribution in [0.2, 0.25) is 0 Å². The van der Waals surface area contributed by atoms with Crippen LogP contribution in [0.5, 0.6) is 0 Å². The zero-order valence-electron chi connectivity index (χ0n) is 16.2. The van der Waals surface area contributed by atoms with Crippen LogP contribution < -0.4 is 14.8 Å². The van der Waals surface area contributed by atoms with Crippen LogP contribution in [0.25, 0.3) is 10.9 Å². The number of nitrogens with zero attached hydrogens (tertiary/aromatic N) is 3. The number of hydrogen-bond acceptors (Lipinski definition) is 4. The Hall–Kier alpha value is -3.36. The number of aryl methyl sites for hydroxylation is 1. The maximum absolute atomic E-state index is 13.0. The molecule has 4 rings (SSSR count). The summed E-state index contributed by atoms with van der Waals surface area (Å²) in [5.74, 6) is 0. The first-order valence-electron chi connectivity index (χ1n) is 9.51. The average molecular weight is 417 g/mol. The number of pyridine rings is 1. The second kappa shape index (κ2) is 7.47. The van der Waals surface area contributed by atoms with Crippen molar-refractivity contribution in [2.75, 3.05) is 36.0 Å². The van der Waals surface area contributed by atoms with E-state index in [1.165, 1.54) is 6.07 Å². The lowest BCUT2D eigenvalue weighted by Gasteiger charge is -2.37. The first-order chi connectivity index (χ1) is 14.2. The molecule has 1 N–H and O–H groups in total. The normalized spacial score (nSPS) is 14.9. The number of rotatable bonds is 3. The van der Waals surface area contributed by atoms with E-state index >= 15 is 0 Å². The van der Waals surface area contributed by atoms with Gasteiger partial charge in [0.05, 0.1) is 21.6 Å². The van der Waals surface area contributed by atoms with Crippen molar-refractivity contribution in [1.82, 2.24) is 0 Å². The number of halogens is 3.